The maximum atomic E-state index is 15.0. The van der Waals surface area contributed by atoms with E-state index < -0.39 is 35.3 Å². The Kier molecular flexibility index (Phi) is 8.61. The lowest BCUT2D eigenvalue weighted by molar-refractivity contribution is -0.154. The van der Waals surface area contributed by atoms with Gasteiger partial charge in [-0.15, -0.1) is 0 Å². The molecule has 0 aliphatic heterocycles. The number of nitrogens with zero attached hydrogens (tertiary/aromatic N) is 2. The van der Waals surface area contributed by atoms with E-state index in [1.165, 1.54) is 24.3 Å². The first-order valence-corrected chi connectivity index (χ1v) is 12.9. The molecule has 10 heteroatoms. The first-order valence-electron chi connectivity index (χ1n) is 12.9. The predicted octanol–water partition coefficient (Wildman–Crippen LogP) is 5.16. The van der Waals surface area contributed by atoms with Crippen molar-refractivity contribution >= 4 is 17.8 Å². The molecule has 1 amide bonds. The summed E-state index contributed by atoms with van der Waals surface area (Å²) in [4.78, 5) is 41.0. The average molecular weight is 560 g/mol. The van der Waals surface area contributed by atoms with Gasteiger partial charge >= 0.3 is 11.9 Å². The van der Waals surface area contributed by atoms with Gasteiger partial charge < -0.3 is 19.7 Å². The molecule has 1 aromatic heterocycles. The normalized spacial score (nSPS) is 12.0. The average Bonchev–Trinajstić information content (AvgIpc) is 3.38. The Labute approximate surface area is 236 Å². The van der Waals surface area contributed by atoms with E-state index in [1.807, 2.05) is 31.2 Å². The molecular formula is C31H30FN3O6. The summed E-state index contributed by atoms with van der Waals surface area (Å²) < 4.78 is 25.6. The summed E-state index contributed by atoms with van der Waals surface area (Å²) in [5, 5.41) is 16.0. The van der Waals surface area contributed by atoms with Gasteiger partial charge in [0.15, 0.2) is 0 Å². The fourth-order valence-electron chi connectivity index (χ4n) is 4.01. The molecule has 4 rings (SSSR count). The van der Waals surface area contributed by atoms with Gasteiger partial charge in [-0.3, -0.25) is 9.59 Å². The number of halogens is 1. The Morgan fingerprint density at radius 2 is 1.66 bits per heavy atom. The lowest BCUT2D eigenvalue weighted by Gasteiger charge is -2.19. The van der Waals surface area contributed by atoms with Crippen LogP contribution in [0.5, 0.6) is 0 Å². The first-order chi connectivity index (χ1) is 19.4. The number of carboxylic acid groups (broad SMARTS) is 1. The fraction of sp³-hybridized carbons (Fsp3) is 0.258. The Hall–Kier alpha value is -4.86. The minimum Gasteiger partial charge on any atom is -0.480 e. The van der Waals surface area contributed by atoms with Crippen molar-refractivity contribution in [2.24, 2.45) is 0 Å². The van der Waals surface area contributed by atoms with Gasteiger partial charge in [-0.2, -0.15) is 4.98 Å². The van der Waals surface area contributed by atoms with E-state index in [1.54, 1.807) is 39.0 Å². The molecule has 3 aromatic carbocycles. The van der Waals surface area contributed by atoms with Gasteiger partial charge in [0, 0.05) is 17.5 Å². The van der Waals surface area contributed by atoms with Crippen LogP contribution in [0.3, 0.4) is 0 Å². The lowest BCUT2D eigenvalue weighted by Crippen LogP contribution is -2.42. The number of esters is 1. The van der Waals surface area contributed by atoms with Crippen LogP contribution in [0.2, 0.25) is 0 Å². The third kappa shape index (κ3) is 7.84. The zero-order chi connectivity index (χ0) is 29.7. The molecule has 1 heterocycles. The van der Waals surface area contributed by atoms with Gasteiger partial charge in [0.25, 0.3) is 11.8 Å². The van der Waals surface area contributed by atoms with Gasteiger partial charge in [-0.1, -0.05) is 41.1 Å². The maximum Gasteiger partial charge on any atom is 0.326 e. The maximum absolute atomic E-state index is 15.0. The molecule has 2 N–H and O–H groups in total. The van der Waals surface area contributed by atoms with E-state index in [0.29, 0.717) is 16.7 Å². The van der Waals surface area contributed by atoms with Crippen LogP contribution in [0.15, 0.2) is 71.3 Å². The fourth-order valence-corrected chi connectivity index (χ4v) is 4.01. The second-order valence-electron chi connectivity index (χ2n) is 10.6. The standard InChI is InChI=1S/C31H30FN3O6/c1-18-5-10-22(11-6-18)29-34-27(35-41-29)23-14-9-20(15-24(23)32)16-25(30(38)39)33-28(37)21-12-7-19(8-13-21)17-26(36)40-31(2,3)4/h5-15,25H,16-17H2,1-4H3,(H,33,37)(H,38,39). The van der Waals surface area contributed by atoms with Crippen molar-refractivity contribution in [3.63, 3.8) is 0 Å². The van der Waals surface area contributed by atoms with Crippen molar-refractivity contribution in [1.29, 1.82) is 0 Å². The highest BCUT2D eigenvalue weighted by atomic mass is 19.1. The zero-order valence-corrected chi connectivity index (χ0v) is 23.1. The molecule has 0 bridgehead atoms. The molecule has 0 fully saturated rings. The molecule has 41 heavy (non-hydrogen) atoms. The number of aromatic nitrogens is 2. The largest absolute Gasteiger partial charge is 0.480 e. The molecule has 0 aliphatic carbocycles. The van der Waals surface area contributed by atoms with Crippen molar-refractivity contribution in [1.82, 2.24) is 15.5 Å². The van der Waals surface area contributed by atoms with Crippen LogP contribution in [0.1, 0.15) is 47.8 Å². The smallest absolute Gasteiger partial charge is 0.326 e. The summed E-state index contributed by atoms with van der Waals surface area (Å²) in [5.41, 5.74) is 2.47. The van der Waals surface area contributed by atoms with E-state index in [-0.39, 0.29) is 35.7 Å². The summed E-state index contributed by atoms with van der Waals surface area (Å²) in [5.74, 6) is -2.64. The number of rotatable bonds is 9. The molecule has 0 spiro atoms. The van der Waals surface area contributed by atoms with Gasteiger partial charge in [0.2, 0.25) is 5.82 Å². The van der Waals surface area contributed by atoms with Crippen LogP contribution in [0, 0.1) is 12.7 Å². The number of aryl methyl sites for hydroxylation is 1. The summed E-state index contributed by atoms with van der Waals surface area (Å²) in [7, 11) is 0. The highest BCUT2D eigenvalue weighted by Gasteiger charge is 2.23. The predicted molar refractivity (Wildman–Crippen MR) is 148 cm³/mol. The Bertz CT molecular complexity index is 1560. The van der Waals surface area contributed by atoms with Crippen LogP contribution in [0.4, 0.5) is 4.39 Å². The minimum absolute atomic E-state index is 0.0373. The molecule has 4 aromatic rings. The number of aliphatic carboxylic acids is 1. The summed E-state index contributed by atoms with van der Waals surface area (Å²) in [6.07, 6.45) is -0.120. The summed E-state index contributed by atoms with van der Waals surface area (Å²) in [6, 6.07) is 16.5. The van der Waals surface area contributed by atoms with Gasteiger partial charge in [-0.25, -0.2) is 9.18 Å². The second kappa shape index (κ2) is 12.1. The van der Waals surface area contributed by atoms with Crippen LogP contribution < -0.4 is 5.32 Å². The van der Waals surface area contributed by atoms with Crippen molar-refractivity contribution < 1.29 is 33.1 Å². The highest BCUT2D eigenvalue weighted by Crippen LogP contribution is 2.25. The van der Waals surface area contributed by atoms with E-state index >= 15 is 4.39 Å². The molecule has 1 unspecified atom stereocenters. The lowest BCUT2D eigenvalue weighted by atomic mass is 10.0. The minimum atomic E-state index is -1.31. The molecule has 1 atom stereocenters. The number of hydrogen-bond donors (Lipinski definition) is 2. The van der Waals surface area contributed by atoms with E-state index in [0.717, 1.165) is 5.56 Å². The molecule has 0 saturated heterocycles. The summed E-state index contributed by atoms with van der Waals surface area (Å²) >= 11 is 0. The number of hydrogen-bond acceptors (Lipinski definition) is 7. The Morgan fingerprint density at radius 3 is 2.27 bits per heavy atom. The topological polar surface area (TPSA) is 132 Å². The quantitative estimate of drug-likeness (QED) is 0.269. The van der Waals surface area contributed by atoms with Gasteiger partial charge in [0.1, 0.15) is 17.5 Å². The van der Waals surface area contributed by atoms with Crippen molar-refractivity contribution in [3.8, 4) is 22.8 Å². The molecular weight excluding hydrogens is 529 g/mol. The number of nitrogens with one attached hydrogen (secondary N) is 1. The van der Waals surface area contributed by atoms with Crippen molar-refractivity contribution in [2.45, 2.75) is 52.2 Å². The van der Waals surface area contributed by atoms with Gasteiger partial charge in [-0.05, 0) is 75.2 Å². The molecule has 9 nitrogen and oxygen atoms in total. The van der Waals surface area contributed by atoms with Crippen LogP contribution in [-0.2, 0) is 27.2 Å². The number of carboxylic acids is 1. The number of carbonyl (C=O) groups excluding carboxylic acids is 2. The number of carbonyl (C=O) groups is 3. The third-order valence-electron chi connectivity index (χ3n) is 6.03. The number of benzene rings is 3. The Morgan fingerprint density at radius 1 is 1.00 bits per heavy atom. The van der Waals surface area contributed by atoms with Crippen molar-refractivity contribution in [3.05, 3.63) is 94.8 Å². The number of ether oxygens (including phenoxy) is 1. The molecule has 0 radical (unpaired) electrons. The summed E-state index contributed by atoms with van der Waals surface area (Å²) in [6.45, 7) is 7.27. The SMILES string of the molecule is Cc1ccc(-c2nc(-c3ccc(CC(NC(=O)c4ccc(CC(=O)OC(C)(C)C)cc4)C(=O)O)cc3F)no2)cc1. The number of amides is 1. The van der Waals surface area contributed by atoms with Crippen molar-refractivity contribution in [2.75, 3.05) is 0 Å². The van der Waals surface area contributed by atoms with E-state index in [2.05, 4.69) is 15.5 Å². The van der Waals surface area contributed by atoms with Crippen LogP contribution in [-0.4, -0.2) is 44.7 Å². The zero-order valence-electron chi connectivity index (χ0n) is 23.1. The third-order valence-corrected chi connectivity index (χ3v) is 6.03. The highest BCUT2D eigenvalue weighted by molar-refractivity contribution is 5.96. The first kappa shape index (κ1) is 29.1. The van der Waals surface area contributed by atoms with Crippen LogP contribution >= 0.6 is 0 Å². The molecule has 212 valence electrons. The molecule has 0 aliphatic rings. The second-order valence-corrected chi connectivity index (χ2v) is 10.6. The van der Waals surface area contributed by atoms with E-state index in [9.17, 15) is 19.5 Å². The molecule has 0 saturated carbocycles. The van der Waals surface area contributed by atoms with Gasteiger partial charge in [0.05, 0.1) is 12.0 Å². The van der Waals surface area contributed by atoms with Crippen LogP contribution in [0.25, 0.3) is 22.8 Å². The Balaban J connectivity index is 1.41. The van der Waals surface area contributed by atoms with E-state index in [4.69, 9.17) is 9.26 Å². The monoisotopic (exact) mass is 559 g/mol.